The average molecular weight is 375 g/mol. The lowest BCUT2D eigenvalue weighted by molar-refractivity contribution is 0.328. The van der Waals surface area contributed by atoms with Crippen LogP contribution in [0.3, 0.4) is 0 Å². The highest BCUT2D eigenvalue weighted by Gasteiger charge is 2.25. The molecule has 0 aromatic heterocycles. The van der Waals surface area contributed by atoms with Crippen LogP contribution >= 0.6 is 11.8 Å². The van der Waals surface area contributed by atoms with Crippen LogP contribution in [-0.2, 0) is 6.42 Å². The summed E-state index contributed by atoms with van der Waals surface area (Å²) in [6.45, 7) is 4.63. The Morgan fingerprint density at radius 2 is 2.08 bits per heavy atom. The third-order valence-electron chi connectivity index (χ3n) is 5.77. The molecule has 3 unspecified atom stereocenters. The van der Waals surface area contributed by atoms with Crippen molar-refractivity contribution in [3.05, 3.63) is 35.9 Å². The number of hydrogen-bond acceptors (Lipinski definition) is 3. The fourth-order valence-electron chi connectivity index (χ4n) is 4.13. The Hall–Kier alpha value is -1.20. The molecule has 0 spiro atoms. The van der Waals surface area contributed by atoms with Gasteiger partial charge in [-0.3, -0.25) is 4.99 Å². The second kappa shape index (κ2) is 10.2. The SMILES string of the molecule is CN=C(NCC1CCN(CCc2ccccc2)C1)NC1CCC(SC)C1. The minimum absolute atomic E-state index is 0.588. The van der Waals surface area contributed by atoms with Crippen molar-refractivity contribution in [2.75, 3.05) is 39.5 Å². The van der Waals surface area contributed by atoms with E-state index in [0.29, 0.717) is 6.04 Å². The molecule has 3 atom stereocenters. The van der Waals surface area contributed by atoms with Crippen molar-refractivity contribution in [1.29, 1.82) is 0 Å². The Morgan fingerprint density at radius 1 is 1.23 bits per heavy atom. The van der Waals surface area contributed by atoms with E-state index >= 15 is 0 Å². The molecule has 1 aromatic carbocycles. The lowest BCUT2D eigenvalue weighted by Gasteiger charge is -2.20. The molecule has 0 radical (unpaired) electrons. The molecule has 0 bridgehead atoms. The van der Waals surface area contributed by atoms with Crippen molar-refractivity contribution >= 4 is 17.7 Å². The van der Waals surface area contributed by atoms with Crippen LogP contribution in [0, 0.1) is 5.92 Å². The third kappa shape index (κ3) is 5.92. The van der Waals surface area contributed by atoms with Gasteiger partial charge in [0.05, 0.1) is 0 Å². The third-order valence-corrected chi connectivity index (χ3v) is 6.86. The molecule has 2 aliphatic rings. The molecule has 1 aliphatic carbocycles. The summed E-state index contributed by atoms with van der Waals surface area (Å²) in [5.74, 6) is 1.71. The lowest BCUT2D eigenvalue weighted by atomic mass is 10.1. The predicted octanol–water partition coefficient (Wildman–Crippen LogP) is 3.00. The van der Waals surface area contributed by atoms with Gasteiger partial charge < -0.3 is 15.5 Å². The minimum atomic E-state index is 0.588. The number of rotatable bonds is 7. The van der Waals surface area contributed by atoms with Crippen molar-refractivity contribution in [1.82, 2.24) is 15.5 Å². The standard InChI is InChI=1S/C21H34N4S/c1-22-21(24-19-8-9-20(14-19)26-2)23-15-18-11-13-25(16-18)12-10-17-6-4-3-5-7-17/h3-7,18-20H,8-16H2,1-2H3,(H2,22,23,24). The summed E-state index contributed by atoms with van der Waals surface area (Å²) in [7, 11) is 1.89. The largest absolute Gasteiger partial charge is 0.356 e. The molecule has 2 fully saturated rings. The van der Waals surface area contributed by atoms with E-state index in [4.69, 9.17) is 0 Å². The summed E-state index contributed by atoms with van der Waals surface area (Å²) >= 11 is 2.00. The second-order valence-electron chi connectivity index (χ2n) is 7.66. The summed E-state index contributed by atoms with van der Waals surface area (Å²) in [6.07, 6.45) is 8.53. The Balaban J connectivity index is 1.34. The van der Waals surface area contributed by atoms with Crippen LogP contribution in [0.25, 0.3) is 0 Å². The molecule has 1 heterocycles. The zero-order valence-electron chi connectivity index (χ0n) is 16.3. The Bertz CT molecular complexity index is 562. The molecule has 1 saturated heterocycles. The van der Waals surface area contributed by atoms with E-state index < -0.39 is 0 Å². The zero-order valence-corrected chi connectivity index (χ0v) is 17.1. The van der Waals surface area contributed by atoms with Gasteiger partial charge in [-0.25, -0.2) is 0 Å². The van der Waals surface area contributed by atoms with Crippen molar-refractivity contribution in [3.63, 3.8) is 0 Å². The number of nitrogens with zero attached hydrogens (tertiary/aromatic N) is 2. The van der Waals surface area contributed by atoms with Crippen LogP contribution in [0.4, 0.5) is 0 Å². The van der Waals surface area contributed by atoms with Crippen LogP contribution in [0.15, 0.2) is 35.3 Å². The van der Waals surface area contributed by atoms with E-state index in [1.165, 1.54) is 50.9 Å². The Morgan fingerprint density at radius 3 is 2.81 bits per heavy atom. The van der Waals surface area contributed by atoms with E-state index in [9.17, 15) is 0 Å². The second-order valence-corrected chi connectivity index (χ2v) is 8.79. The summed E-state index contributed by atoms with van der Waals surface area (Å²) in [5, 5.41) is 8.01. The zero-order chi connectivity index (χ0) is 18.2. The Kier molecular flexibility index (Phi) is 7.69. The van der Waals surface area contributed by atoms with E-state index in [-0.39, 0.29) is 0 Å². The first-order valence-corrected chi connectivity index (χ1v) is 11.3. The van der Waals surface area contributed by atoms with E-state index in [1.54, 1.807) is 0 Å². The molecule has 3 rings (SSSR count). The quantitative estimate of drug-likeness (QED) is 0.569. The summed E-state index contributed by atoms with van der Waals surface area (Å²) in [4.78, 5) is 7.04. The number of nitrogens with one attached hydrogen (secondary N) is 2. The first-order valence-electron chi connectivity index (χ1n) is 10.0. The summed E-state index contributed by atoms with van der Waals surface area (Å²) in [6, 6.07) is 11.4. The van der Waals surface area contributed by atoms with Gasteiger partial charge >= 0.3 is 0 Å². The van der Waals surface area contributed by atoms with Crippen molar-refractivity contribution < 1.29 is 0 Å². The molecule has 1 saturated carbocycles. The molecule has 4 nitrogen and oxygen atoms in total. The van der Waals surface area contributed by atoms with Crippen LogP contribution in [0.2, 0.25) is 0 Å². The van der Waals surface area contributed by atoms with Gasteiger partial charge in [-0.15, -0.1) is 0 Å². The van der Waals surface area contributed by atoms with Crippen LogP contribution in [0.5, 0.6) is 0 Å². The molecule has 144 valence electrons. The van der Waals surface area contributed by atoms with E-state index in [1.807, 2.05) is 18.8 Å². The highest BCUT2D eigenvalue weighted by Crippen LogP contribution is 2.28. The summed E-state index contributed by atoms with van der Waals surface area (Å²) in [5.41, 5.74) is 1.44. The fraction of sp³-hybridized carbons (Fsp3) is 0.667. The van der Waals surface area contributed by atoms with Crippen molar-refractivity contribution in [3.8, 4) is 0 Å². The number of benzene rings is 1. The molecule has 1 aromatic rings. The fourth-order valence-corrected chi connectivity index (χ4v) is 4.93. The number of guanidine groups is 1. The van der Waals surface area contributed by atoms with Gasteiger partial charge in [-0.1, -0.05) is 30.3 Å². The van der Waals surface area contributed by atoms with Crippen LogP contribution in [-0.4, -0.2) is 61.6 Å². The van der Waals surface area contributed by atoms with E-state index in [0.717, 1.165) is 30.1 Å². The maximum Gasteiger partial charge on any atom is 0.191 e. The van der Waals surface area contributed by atoms with Crippen LogP contribution in [0.1, 0.15) is 31.2 Å². The maximum absolute atomic E-state index is 4.43. The Labute approximate surface area is 163 Å². The van der Waals surface area contributed by atoms with Gasteiger partial charge in [0.15, 0.2) is 5.96 Å². The summed E-state index contributed by atoms with van der Waals surface area (Å²) < 4.78 is 0. The molecular weight excluding hydrogens is 340 g/mol. The van der Waals surface area contributed by atoms with Gasteiger partial charge in [0.2, 0.25) is 0 Å². The molecule has 5 heteroatoms. The lowest BCUT2D eigenvalue weighted by Crippen LogP contribution is -2.44. The van der Waals surface area contributed by atoms with E-state index in [2.05, 4.69) is 57.1 Å². The number of thioether (sulfide) groups is 1. The molecular formula is C21H34N4S. The smallest absolute Gasteiger partial charge is 0.191 e. The topological polar surface area (TPSA) is 39.7 Å². The van der Waals surface area contributed by atoms with Gasteiger partial charge in [-0.05, 0) is 56.4 Å². The highest BCUT2D eigenvalue weighted by molar-refractivity contribution is 7.99. The van der Waals surface area contributed by atoms with Gasteiger partial charge in [0.1, 0.15) is 0 Å². The predicted molar refractivity (Wildman–Crippen MR) is 114 cm³/mol. The maximum atomic E-state index is 4.43. The minimum Gasteiger partial charge on any atom is -0.356 e. The normalized spacial score (nSPS) is 27.0. The van der Waals surface area contributed by atoms with Crippen LogP contribution < -0.4 is 10.6 Å². The molecule has 0 amide bonds. The number of hydrogen-bond donors (Lipinski definition) is 2. The van der Waals surface area contributed by atoms with Crippen molar-refractivity contribution in [2.24, 2.45) is 10.9 Å². The van der Waals surface area contributed by atoms with Gasteiger partial charge in [0, 0.05) is 38.0 Å². The number of likely N-dealkylation sites (tertiary alicyclic amines) is 1. The number of aliphatic imine (C=N–C) groups is 1. The van der Waals surface area contributed by atoms with Gasteiger partial charge in [-0.2, -0.15) is 11.8 Å². The molecule has 26 heavy (non-hydrogen) atoms. The monoisotopic (exact) mass is 374 g/mol. The van der Waals surface area contributed by atoms with Gasteiger partial charge in [0.25, 0.3) is 0 Å². The molecule has 2 N–H and O–H groups in total. The molecule has 1 aliphatic heterocycles. The first kappa shape index (κ1) is 19.6. The highest BCUT2D eigenvalue weighted by atomic mass is 32.2. The average Bonchev–Trinajstić information content (AvgIpc) is 3.33. The van der Waals surface area contributed by atoms with Crippen molar-refractivity contribution in [2.45, 2.75) is 43.4 Å². The first-order chi connectivity index (χ1) is 12.8.